The third-order valence-electron chi connectivity index (χ3n) is 4.92. The molecule has 1 N–H and O–H groups in total. The van der Waals surface area contributed by atoms with Crippen molar-refractivity contribution in [2.75, 3.05) is 7.11 Å². The number of carbonyl (C=O) groups excluding carboxylic acids is 1. The van der Waals surface area contributed by atoms with Crippen molar-refractivity contribution >= 4 is 5.97 Å². The highest BCUT2D eigenvalue weighted by molar-refractivity contribution is 5.93. The number of esters is 1. The van der Waals surface area contributed by atoms with E-state index < -0.39 is 11.9 Å². The minimum Gasteiger partial charge on any atom is -0.466 e. The zero-order chi connectivity index (χ0) is 18.6. The van der Waals surface area contributed by atoms with Gasteiger partial charge in [-0.15, -0.1) is 0 Å². The first-order valence-electron chi connectivity index (χ1n) is 8.75. The van der Waals surface area contributed by atoms with Crippen molar-refractivity contribution in [1.82, 2.24) is 5.32 Å². The van der Waals surface area contributed by atoms with Crippen LogP contribution >= 0.6 is 0 Å². The predicted molar refractivity (Wildman–Crippen MR) is 98.5 cm³/mol. The van der Waals surface area contributed by atoms with E-state index in [2.05, 4.69) is 25.2 Å². The van der Waals surface area contributed by atoms with Gasteiger partial charge in [0, 0.05) is 11.4 Å². The molecule has 1 aliphatic heterocycles. The smallest absolute Gasteiger partial charge is 0.336 e. The Kier molecular flexibility index (Phi) is 6.03. The van der Waals surface area contributed by atoms with Crippen LogP contribution in [0.1, 0.15) is 50.7 Å². The summed E-state index contributed by atoms with van der Waals surface area (Å²) >= 11 is 0. The highest BCUT2D eigenvalue weighted by atomic mass is 16.5. The standard InChI is InChI=1S/C21H26N2O2/c1-6-15(7-2)20-17(12-22)19(16-10-8-13(3)9-11-16)18(14(4)23-20)21(24)25-5/h8-11,15,19,23H,6-7H2,1-5H3. The summed E-state index contributed by atoms with van der Waals surface area (Å²) in [4.78, 5) is 12.5. The number of rotatable bonds is 5. The number of dihydropyridines is 1. The molecule has 4 nitrogen and oxygen atoms in total. The molecular weight excluding hydrogens is 312 g/mol. The van der Waals surface area contributed by atoms with Gasteiger partial charge < -0.3 is 10.1 Å². The van der Waals surface area contributed by atoms with E-state index in [4.69, 9.17) is 4.74 Å². The zero-order valence-electron chi connectivity index (χ0n) is 15.6. The van der Waals surface area contributed by atoms with Crippen LogP contribution in [0.5, 0.6) is 0 Å². The molecule has 25 heavy (non-hydrogen) atoms. The molecule has 0 radical (unpaired) electrons. The van der Waals surface area contributed by atoms with Crippen molar-refractivity contribution < 1.29 is 9.53 Å². The van der Waals surface area contributed by atoms with Gasteiger partial charge in [-0.05, 0) is 38.2 Å². The molecule has 4 heteroatoms. The van der Waals surface area contributed by atoms with E-state index in [-0.39, 0.29) is 5.92 Å². The van der Waals surface area contributed by atoms with Gasteiger partial charge in [0.1, 0.15) is 0 Å². The van der Waals surface area contributed by atoms with Gasteiger partial charge >= 0.3 is 5.97 Å². The van der Waals surface area contributed by atoms with E-state index in [1.165, 1.54) is 7.11 Å². The molecule has 0 fully saturated rings. The van der Waals surface area contributed by atoms with Gasteiger partial charge in [-0.1, -0.05) is 43.7 Å². The van der Waals surface area contributed by atoms with Gasteiger partial charge in [-0.2, -0.15) is 5.26 Å². The maximum Gasteiger partial charge on any atom is 0.336 e. The van der Waals surface area contributed by atoms with Gasteiger partial charge in [-0.25, -0.2) is 4.79 Å². The Balaban J connectivity index is 2.69. The molecular formula is C21H26N2O2. The Hall–Kier alpha value is -2.54. The number of hydrogen-bond donors (Lipinski definition) is 1. The van der Waals surface area contributed by atoms with Crippen molar-refractivity contribution in [3.8, 4) is 6.07 Å². The molecule has 1 aromatic rings. The third-order valence-corrected chi connectivity index (χ3v) is 4.92. The highest BCUT2D eigenvalue weighted by Crippen LogP contribution is 2.40. The zero-order valence-corrected chi connectivity index (χ0v) is 15.6. The van der Waals surface area contributed by atoms with Crippen molar-refractivity contribution in [1.29, 1.82) is 5.26 Å². The van der Waals surface area contributed by atoms with Crippen LogP contribution < -0.4 is 5.32 Å². The van der Waals surface area contributed by atoms with Crippen LogP contribution in [-0.2, 0) is 9.53 Å². The molecule has 132 valence electrons. The lowest BCUT2D eigenvalue weighted by atomic mass is 9.78. The van der Waals surface area contributed by atoms with Crippen LogP contribution in [0.3, 0.4) is 0 Å². The molecule has 0 bridgehead atoms. The summed E-state index contributed by atoms with van der Waals surface area (Å²) < 4.78 is 5.01. The fraction of sp³-hybridized carbons (Fsp3) is 0.429. The second-order valence-electron chi connectivity index (χ2n) is 6.45. The first-order valence-corrected chi connectivity index (χ1v) is 8.75. The topological polar surface area (TPSA) is 62.1 Å². The van der Waals surface area contributed by atoms with Gasteiger partial charge in [0.15, 0.2) is 0 Å². The summed E-state index contributed by atoms with van der Waals surface area (Å²) in [5.41, 5.74) is 4.90. The molecule has 1 aromatic carbocycles. The quantitative estimate of drug-likeness (QED) is 0.811. The molecule has 1 atom stereocenters. The average molecular weight is 338 g/mol. The molecule has 2 rings (SSSR count). The minimum absolute atomic E-state index is 0.261. The number of benzene rings is 1. The second kappa shape index (κ2) is 8.02. The Labute approximate surface area is 150 Å². The summed E-state index contributed by atoms with van der Waals surface area (Å²) in [5.74, 6) is -0.529. The maximum atomic E-state index is 12.5. The summed E-state index contributed by atoms with van der Waals surface area (Å²) in [6, 6.07) is 10.4. The number of hydrogen-bond acceptors (Lipinski definition) is 4. The predicted octanol–water partition coefficient (Wildman–Crippen LogP) is 4.34. The number of methoxy groups -OCH3 is 1. The van der Waals surface area contributed by atoms with E-state index in [0.29, 0.717) is 11.1 Å². The average Bonchev–Trinajstić information content (AvgIpc) is 2.62. The molecule has 1 heterocycles. The first-order chi connectivity index (χ1) is 12.0. The number of aryl methyl sites for hydroxylation is 1. The monoisotopic (exact) mass is 338 g/mol. The van der Waals surface area contributed by atoms with E-state index in [9.17, 15) is 10.1 Å². The van der Waals surface area contributed by atoms with Crippen molar-refractivity contribution in [2.45, 2.75) is 46.5 Å². The third kappa shape index (κ3) is 3.61. The van der Waals surface area contributed by atoms with Gasteiger partial charge in [-0.3, -0.25) is 0 Å². The number of carbonyl (C=O) groups is 1. The number of nitrogens with one attached hydrogen (secondary N) is 1. The fourth-order valence-electron chi connectivity index (χ4n) is 3.47. The first kappa shape index (κ1) is 18.8. The summed E-state index contributed by atoms with van der Waals surface area (Å²) in [6.07, 6.45) is 1.87. The van der Waals surface area contributed by atoms with Crippen LogP contribution in [0.4, 0.5) is 0 Å². The maximum absolute atomic E-state index is 12.5. The summed E-state index contributed by atoms with van der Waals surface area (Å²) in [6.45, 7) is 8.14. The van der Waals surface area contributed by atoms with E-state index >= 15 is 0 Å². The van der Waals surface area contributed by atoms with Crippen LogP contribution in [0, 0.1) is 24.2 Å². The van der Waals surface area contributed by atoms with Crippen LogP contribution in [-0.4, -0.2) is 13.1 Å². The summed E-state index contributed by atoms with van der Waals surface area (Å²) in [5, 5.41) is 13.3. The number of nitrogens with zero attached hydrogens (tertiary/aromatic N) is 1. The molecule has 0 saturated heterocycles. The Morgan fingerprint density at radius 1 is 1.24 bits per heavy atom. The molecule has 0 amide bonds. The van der Waals surface area contributed by atoms with Crippen molar-refractivity contribution in [3.05, 3.63) is 57.9 Å². The lowest BCUT2D eigenvalue weighted by molar-refractivity contribution is -0.136. The molecule has 1 aliphatic rings. The van der Waals surface area contributed by atoms with E-state index in [1.807, 2.05) is 38.1 Å². The number of allylic oxidation sites excluding steroid dienone is 3. The Bertz CT molecular complexity index is 747. The summed E-state index contributed by atoms with van der Waals surface area (Å²) in [7, 11) is 1.38. The Morgan fingerprint density at radius 3 is 2.32 bits per heavy atom. The minimum atomic E-state index is -0.396. The highest BCUT2D eigenvalue weighted by Gasteiger charge is 2.36. The van der Waals surface area contributed by atoms with Gasteiger partial charge in [0.05, 0.1) is 30.2 Å². The van der Waals surface area contributed by atoms with Crippen LogP contribution in [0.15, 0.2) is 46.8 Å². The lowest BCUT2D eigenvalue weighted by Gasteiger charge is -2.32. The van der Waals surface area contributed by atoms with Crippen molar-refractivity contribution in [2.24, 2.45) is 5.92 Å². The molecule has 0 aromatic heterocycles. The normalized spacial score (nSPS) is 17.4. The van der Waals surface area contributed by atoms with Crippen LogP contribution in [0.2, 0.25) is 0 Å². The molecule has 0 spiro atoms. The van der Waals surface area contributed by atoms with E-state index in [1.54, 1.807) is 0 Å². The molecule has 0 saturated carbocycles. The fourth-order valence-corrected chi connectivity index (χ4v) is 3.47. The number of ether oxygens (including phenoxy) is 1. The second-order valence-corrected chi connectivity index (χ2v) is 6.45. The SMILES string of the molecule is CCC(CC)C1=C(C#N)C(c2ccc(C)cc2)C(C(=O)OC)=C(C)N1. The van der Waals surface area contributed by atoms with Gasteiger partial charge in [0.2, 0.25) is 0 Å². The molecule has 0 aliphatic carbocycles. The lowest BCUT2D eigenvalue weighted by Crippen LogP contribution is -2.32. The van der Waals surface area contributed by atoms with Gasteiger partial charge in [0.25, 0.3) is 0 Å². The van der Waals surface area contributed by atoms with Crippen molar-refractivity contribution in [3.63, 3.8) is 0 Å². The largest absolute Gasteiger partial charge is 0.466 e. The molecule has 1 unspecified atom stereocenters. The van der Waals surface area contributed by atoms with Crippen LogP contribution in [0.25, 0.3) is 0 Å². The number of nitriles is 1. The Morgan fingerprint density at radius 2 is 1.84 bits per heavy atom. The van der Waals surface area contributed by atoms with E-state index in [0.717, 1.165) is 35.4 Å².